The highest BCUT2D eigenvalue weighted by atomic mass is 33.1. The van der Waals surface area contributed by atoms with Gasteiger partial charge in [0, 0.05) is 19.1 Å². The second-order valence-electron chi connectivity index (χ2n) is 9.42. The first kappa shape index (κ1) is 30.8. The third kappa shape index (κ3) is 6.34. The molecule has 0 radical (unpaired) electrons. The fourth-order valence-electron chi connectivity index (χ4n) is 4.33. The van der Waals surface area contributed by atoms with Gasteiger partial charge in [-0.25, -0.2) is 9.78 Å². The van der Waals surface area contributed by atoms with Crippen molar-refractivity contribution >= 4 is 66.6 Å². The number of non-ortho nitro benzene ring substituents is 1. The predicted molar refractivity (Wildman–Crippen MR) is 166 cm³/mol. The number of likely N-dealkylation sites (tertiary alicyclic amines) is 1. The Hall–Kier alpha value is -4.60. The van der Waals surface area contributed by atoms with E-state index in [9.17, 15) is 29.6 Å². The van der Waals surface area contributed by atoms with Crippen LogP contribution in [0, 0.1) is 10.1 Å². The number of hydrogen-bond donors (Lipinski definition) is 2. The van der Waals surface area contributed by atoms with E-state index >= 15 is 0 Å². The van der Waals surface area contributed by atoms with E-state index in [1.54, 1.807) is 30.3 Å². The Kier molecular flexibility index (Phi) is 9.08. The van der Waals surface area contributed by atoms with E-state index in [0.29, 0.717) is 9.90 Å². The number of carbonyl (C=O) groups is 3. The fourth-order valence-corrected chi connectivity index (χ4v) is 8.33. The Morgan fingerprint density at radius 1 is 1.09 bits per heavy atom. The largest absolute Gasteiger partial charge is 0.510 e. The van der Waals surface area contributed by atoms with Crippen molar-refractivity contribution in [2.75, 3.05) is 0 Å². The molecular weight excluding hydrogens is 629 g/mol. The van der Waals surface area contributed by atoms with Crippen molar-refractivity contribution in [1.29, 1.82) is 0 Å². The quantitative estimate of drug-likeness (QED) is 0.0305. The molecular formula is C29H24N4O8S3. The fraction of sp³-hybridized carbons (Fsp3) is 0.172. The van der Waals surface area contributed by atoms with Crippen LogP contribution in [0.1, 0.15) is 19.4 Å². The van der Waals surface area contributed by atoms with Crippen molar-refractivity contribution in [2.24, 2.45) is 0 Å². The molecule has 12 nitrogen and oxygen atoms in total. The van der Waals surface area contributed by atoms with Crippen LogP contribution in [0.5, 0.6) is 5.75 Å². The highest BCUT2D eigenvalue weighted by Crippen LogP contribution is 2.50. The summed E-state index contributed by atoms with van der Waals surface area (Å²) in [6.45, 7) is 2.18. The van der Waals surface area contributed by atoms with Crippen molar-refractivity contribution in [3.8, 4) is 5.75 Å². The Bertz CT molecular complexity index is 1730. The molecule has 4 aromatic rings. The molecule has 2 heterocycles. The first-order valence-electron chi connectivity index (χ1n) is 12.9. The van der Waals surface area contributed by atoms with Gasteiger partial charge in [-0.2, -0.15) is 0 Å². The molecule has 2 atom stereocenters. The number of esters is 1. The number of nitro groups is 1. The number of nitrogens with zero attached hydrogens (tertiary/aromatic N) is 3. The Balaban J connectivity index is 1.45. The molecule has 1 aliphatic heterocycles. The summed E-state index contributed by atoms with van der Waals surface area (Å²) in [6, 6.07) is 21.4. The van der Waals surface area contributed by atoms with Crippen LogP contribution in [-0.2, 0) is 25.7 Å². The lowest BCUT2D eigenvalue weighted by atomic mass is 9.99. The Morgan fingerprint density at radius 3 is 2.41 bits per heavy atom. The number of hydrogen-bond acceptors (Lipinski definition) is 12. The molecule has 3 aromatic carbocycles. The molecule has 5 rings (SSSR count). The van der Waals surface area contributed by atoms with Gasteiger partial charge in [0.15, 0.2) is 15.4 Å². The first-order chi connectivity index (χ1) is 21.1. The molecule has 0 unspecified atom stereocenters. The second kappa shape index (κ2) is 13.0. The molecule has 0 aliphatic carbocycles. The summed E-state index contributed by atoms with van der Waals surface area (Å²) < 4.78 is 13.1. The van der Waals surface area contributed by atoms with Gasteiger partial charge < -0.3 is 19.9 Å². The standard InChI is InChI=1S/C29H24N4O8S3/c1-17(34)24(25(36)40-16-19-12-14-20(15-13-19)33(38)39)32-26(37)29(31-18(2)35,41-21-8-4-3-5-9-21)27(32)43-44-28-30-22-10-6-7-11-23(22)42-28/h3-15,27,34H,16H2,1-2H3,(H,31,35)/t27-,29-/m1/s1. The van der Waals surface area contributed by atoms with E-state index in [1.165, 1.54) is 60.2 Å². The third-order valence-corrected chi connectivity index (χ3v) is 10.3. The molecule has 226 valence electrons. The molecule has 2 N–H and O–H groups in total. The molecule has 15 heteroatoms. The average Bonchev–Trinajstić information content (AvgIpc) is 3.42. The number of nitrogens with one attached hydrogen (secondary N) is 1. The number of benzene rings is 3. The summed E-state index contributed by atoms with van der Waals surface area (Å²) in [5.74, 6) is -2.61. The third-order valence-electron chi connectivity index (χ3n) is 6.28. The average molecular weight is 653 g/mol. The van der Waals surface area contributed by atoms with Crippen LogP contribution >= 0.6 is 32.9 Å². The first-order valence-corrected chi connectivity index (χ1v) is 16.0. The molecule has 0 saturated carbocycles. The van der Waals surface area contributed by atoms with Crippen molar-refractivity contribution in [3.05, 3.63) is 106 Å². The zero-order chi connectivity index (χ0) is 31.4. The summed E-state index contributed by atoms with van der Waals surface area (Å²) in [4.78, 5) is 55.7. The van der Waals surface area contributed by atoms with Crippen molar-refractivity contribution in [1.82, 2.24) is 15.2 Å². The van der Waals surface area contributed by atoms with Gasteiger partial charge in [0.2, 0.25) is 5.91 Å². The molecule has 1 saturated heterocycles. The van der Waals surface area contributed by atoms with Gasteiger partial charge in [-0.15, -0.1) is 11.3 Å². The topological polar surface area (TPSA) is 161 Å². The predicted octanol–water partition coefficient (Wildman–Crippen LogP) is 5.56. The van der Waals surface area contributed by atoms with Crippen molar-refractivity contribution in [2.45, 2.75) is 35.9 Å². The summed E-state index contributed by atoms with van der Waals surface area (Å²) >= 11 is 1.43. The van der Waals surface area contributed by atoms with Crippen LogP contribution in [0.2, 0.25) is 0 Å². The molecule has 2 amide bonds. The minimum absolute atomic E-state index is 0.128. The van der Waals surface area contributed by atoms with Crippen LogP contribution in [0.15, 0.2) is 94.7 Å². The maximum Gasteiger partial charge on any atom is 0.358 e. The van der Waals surface area contributed by atoms with Gasteiger partial charge in [-0.3, -0.25) is 24.6 Å². The highest BCUT2D eigenvalue weighted by molar-refractivity contribution is 8.77. The van der Waals surface area contributed by atoms with Gasteiger partial charge >= 0.3 is 5.97 Å². The zero-order valence-corrected chi connectivity index (χ0v) is 25.6. The molecule has 1 aliphatic rings. The SMILES string of the molecule is CC(=O)N[C@@]1(Oc2ccccc2)C(=O)N(C(C(=O)OCc2ccc([N+](=O)[O-])cc2)=C(C)O)[C@@H]1SSc1nc2ccccc2s1. The van der Waals surface area contributed by atoms with E-state index in [0.717, 1.165) is 25.9 Å². The molecule has 1 aromatic heterocycles. The number of allylic oxidation sites excluding steroid dienone is 1. The highest BCUT2D eigenvalue weighted by Gasteiger charge is 2.67. The van der Waals surface area contributed by atoms with Gasteiger partial charge in [0.1, 0.15) is 18.1 Å². The van der Waals surface area contributed by atoms with E-state index in [4.69, 9.17) is 9.47 Å². The minimum atomic E-state index is -1.94. The molecule has 0 spiro atoms. The summed E-state index contributed by atoms with van der Waals surface area (Å²) in [5.41, 5.74) is -1.28. The summed E-state index contributed by atoms with van der Waals surface area (Å²) in [6.07, 6.45) is 0. The lowest BCUT2D eigenvalue weighted by molar-refractivity contribution is -0.384. The van der Waals surface area contributed by atoms with E-state index in [2.05, 4.69) is 10.3 Å². The number of rotatable bonds is 11. The lowest BCUT2D eigenvalue weighted by Crippen LogP contribution is -2.81. The number of nitro benzene ring substituents is 1. The zero-order valence-electron chi connectivity index (χ0n) is 23.2. The summed E-state index contributed by atoms with van der Waals surface area (Å²) in [5, 5.41) is 23.1. The van der Waals surface area contributed by atoms with Crippen LogP contribution in [0.25, 0.3) is 10.2 Å². The van der Waals surface area contributed by atoms with E-state index < -0.39 is 45.3 Å². The molecule has 0 bridgehead atoms. The summed E-state index contributed by atoms with van der Waals surface area (Å²) in [7, 11) is 2.32. The minimum Gasteiger partial charge on any atom is -0.510 e. The molecule has 1 fully saturated rings. The van der Waals surface area contributed by atoms with Gasteiger partial charge in [0.25, 0.3) is 17.3 Å². The number of amides is 2. The van der Waals surface area contributed by atoms with Gasteiger partial charge in [0.05, 0.1) is 15.1 Å². The number of aliphatic hydroxyl groups is 1. The number of β-lactam (4-membered cyclic amide) rings is 1. The smallest absolute Gasteiger partial charge is 0.358 e. The Morgan fingerprint density at radius 2 is 1.77 bits per heavy atom. The van der Waals surface area contributed by atoms with Crippen LogP contribution in [0.3, 0.4) is 0 Å². The number of thiazole rings is 1. The van der Waals surface area contributed by atoms with Crippen LogP contribution in [-0.4, -0.2) is 48.8 Å². The molecule has 44 heavy (non-hydrogen) atoms. The van der Waals surface area contributed by atoms with Gasteiger partial charge in [-0.1, -0.05) is 41.1 Å². The van der Waals surface area contributed by atoms with Crippen LogP contribution in [0.4, 0.5) is 5.69 Å². The number of carbonyl (C=O) groups excluding carboxylic acids is 3. The van der Waals surface area contributed by atoms with Crippen molar-refractivity contribution < 1.29 is 33.9 Å². The van der Waals surface area contributed by atoms with E-state index in [-0.39, 0.29) is 18.0 Å². The number of aliphatic hydroxyl groups excluding tert-OH is 1. The van der Waals surface area contributed by atoms with E-state index in [1.807, 2.05) is 24.3 Å². The second-order valence-corrected chi connectivity index (χ2v) is 13.0. The normalized spacial score (nSPS) is 18.3. The number of para-hydroxylation sites is 2. The van der Waals surface area contributed by atoms with Gasteiger partial charge in [-0.05, 0) is 59.7 Å². The number of ether oxygens (including phenoxy) is 2. The number of aromatic nitrogens is 1. The monoisotopic (exact) mass is 652 g/mol. The van der Waals surface area contributed by atoms with Crippen molar-refractivity contribution in [3.63, 3.8) is 0 Å². The maximum atomic E-state index is 13.9. The number of fused-ring (bicyclic) bond motifs is 1. The maximum absolute atomic E-state index is 13.9. The van der Waals surface area contributed by atoms with Crippen LogP contribution < -0.4 is 10.1 Å². The Labute approximate surface area is 262 Å². The lowest BCUT2D eigenvalue weighted by Gasteiger charge is -2.53.